The van der Waals surface area contributed by atoms with Crippen molar-refractivity contribution in [2.75, 3.05) is 18.9 Å². The first-order valence-electron chi connectivity index (χ1n) is 4.89. The van der Waals surface area contributed by atoms with Crippen LogP contribution in [0.1, 0.15) is 12.8 Å². The number of rotatable bonds is 3. The van der Waals surface area contributed by atoms with Gasteiger partial charge in [0, 0.05) is 6.04 Å². The van der Waals surface area contributed by atoms with Crippen molar-refractivity contribution in [2.45, 2.75) is 18.9 Å². The summed E-state index contributed by atoms with van der Waals surface area (Å²) in [5, 5.41) is 3.58. The molecule has 2 heterocycles. The number of nitrogen functional groups attached to an aromatic ring is 1. The maximum atomic E-state index is 5.84. The van der Waals surface area contributed by atoms with Crippen LogP contribution in [0, 0.1) is 0 Å². The van der Waals surface area contributed by atoms with Crippen molar-refractivity contribution < 1.29 is 4.74 Å². The second-order valence-corrected chi connectivity index (χ2v) is 3.84. The van der Waals surface area contributed by atoms with Gasteiger partial charge in [-0.15, -0.1) is 0 Å². The Balaban J connectivity index is 1.97. The average Bonchev–Trinajstić information content (AvgIpc) is 2.70. The van der Waals surface area contributed by atoms with Crippen LogP contribution in [0.3, 0.4) is 0 Å². The fourth-order valence-corrected chi connectivity index (χ4v) is 1.78. The number of nitrogens with zero attached hydrogens (tertiary/aromatic N) is 2. The molecule has 82 valence electrons. The molecule has 1 aromatic rings. The Morgan fingerprint density at radius 1 is 1.60 bits per heavy atom. The van der Waals surface area contributed by atoms with Gasteiger partial charge in [0.25, 0.3) is 0 Å². The molecule has 0 amide bonds. The van der Waals surface area contributed by atoms with E-state index in [1.807, 2.05) is 0 Å². The summed E-state index contributed by atoms with van der Waals surface area (Å²) in [5.41, 5.74) is 5.63. The van der Waals surface area contributed by atoms with Gasteiger partial charge >= 0.3 is 0 Å². The molecular weight excluding hydrogens is 216 g/mol. The second-order valence-electron chi connectivity index (χ2n) is 3.48. The Hall–Kier alpha value is -1.07. The van der Waals surface area contributed by atoms with E-state index in [0.29, 0.717) is 18.4 Å². The smallest absolute Gasteiger partial charge is 0.199 e. The maximum absolute atomic E-state index is 5.84. The van der Waals surface area contributed by atoms with Gasteiger partial charge in [-0.05, 0) is 19.4 Å². The Morgan fingerprint density at radius 3 is 3.13 bits per heavy atom. The van der Waals surface area contributed by atoms with E-state index in [1.54, 1.807) is 0 Å². The zero-order valence-electron chi connectivity index (χ0n) is 8.24. The van der Waals surface area contributed by atoms with Crippen molar-refractivity contribution in [1.29, 1.82) is 0 Å². The van der Waals surface area contributed by atoms with Crippen molar-refractivity contribution in [1.82, 2.24) is 15.3 Å². The van der Waals surface area contributed by atoms with Crippen molar-refractivity contribution >= 4 is 17.4 Å². The van der Waals surface area contributed by atoms with Gasteiger partial charge in [0.2, 0.25) is 0 Å². The molecule has 1 saturated heterocycles. The molecule has 6 heteroatoms. The maximum Gasteiger partial charge on any atom is 0.199 e. The van der Waals surface area contributed by atoms with Gasteiger partial charge in [-0.3, -0.25) is 0 Å². The van der Waals surface area contributed by atoms with E-state index >= 15 is 0 Å². The first-order chi connectivity index (χ1) is 7.27. The molecule has 0 bridgehead atoms. The molecule has 0 spiro atoms. The lowest BCUT2D eigenvalue weighted by Crippen LogP contribution is -2.28. The summed E-state index contributed by atoms with van der Waals surface area (Å²) in [4.78, 5) is 7.64. The van der Waals surface area contributed by atoms with Crippen LogP contribution >= 0.6 is 11.6 Å². The summed E-state index contributed by atoms with van der Waals surface area (Å²) in [5.74, 6) is 0.667. The Morgan fingerprint density at radius 2 is 2.47 bits per heavy atom. The molecule has 0 saturated carbocycles. The first-order valence-corrected chi connectivity index (χ1v) is 5.27. The fourth-order valence-electron chi connectivity index (χ4n) is 1.58. The van der Waals surface area contributed by atoms with Gasteiger partial charge in [0.15, 0.2) is 16.7 Å². The molecule has 2 rings (SSSR count). The second kappa shape index (κ2) is 4.63. The Kier molecular flexibility index (Phi) is 3.23. The number of hydrogen-bond donors (Lipinski definition) is 2. The largest absolute Gasteiger partial charge is 0.485 e. The normalized spacial score (nSPS) is 20.5. The third-order valence-corrected chi connectivity index (χ3v) is 2.65. The number of halogens is 1. The van der Waals surface area contributed by atoms with E-state index in [0.717, 1.165) is 13.0 Å². The highest BCUT2D eigenvalue weighted by atomic mass is 35.5. The molecule has 1 aliphatic rings. The van der Waals surface area contributed by atoms with Gasteiger partial charge in [-0.1, -0.05) is 11.6 Å². The van der Waals surface area contributed by atoms with Crippen LogP contribution in [-0.4, -0.2) is 29.2 Å². The molecule has 3 N–H and O–H groups in total. The topological polar surface area (TPSA) is 73.1 Å². The zero-order chi connectivity index (χ0) is 10.7. The monoisotopic (exact) mass is 228 g/mol. The van der Waals surface area contributed by atoms with E-state index in [9.17, 15) is 0 Å². The third kappa shape index (κ3) is 2.49. The highest BCUT2D eigenvalue weighted by Crippen LogP contribution is 2.26. The van der Waals surface area contributed by atoms with Crippen LogP contribution in [-0.2, 0) is 0 Å². The highest BCUT2D eigenvalue weighted by Gasteiger charge is 2.16. The van der Waals surface area contributed by atoms with Crippen LogP contribution in [0.15, 0.2) is 6.33 Å². The first kappa shape index (κ1) is 10.4. The van der Waals surface area contributed by atoms with Crippen molar-refractivity contribution in [3.63, 3.8) is 0 Å². The summed E-state index contributed by atoms with van der Waals surface area (Å²) in [6.45, 7) is 1.60. The van der Waals surface area contributed by atoms with Crippen LogP contribution < -0.4 is 15.8 Å². The third-order valence-electron chi connectivity index (χ3n) is 2.38. The molecule has 1 aliphatic heterocycles. The lowest BCUT2D eigenvalue weighted by molar-refractivity contribution is 0.277. The Bertz CT molecular complexity index is 321. The molecule has 15 heavy (non-hydrogen) atoms. The molecule has 0 aromatic carbocycles. The molecule has 1 unspecified atom stereocenters. The number of ether oxygens (including phenoxy) is 1. The lowest BCUT2D eigenvalue weighted by Gasteiger charge is -2.13. The van der Waals surface area contributed by atoms with Crippen molar-refractivity contribution in [3.8, 4) is 5.75 Å². The predicted molar refractivity (Wildman–Crippen MR) is 58.0 cm³/mol. The van der Waals surface area contributed by atoms with E-state index in [2.05, 4.69) is 15.3 Å². The molecule has 0 radical (unpaired) electrons. The minimum Gasteiger partial charge on any atom is -0.485 e. The number of hydrogen-bond acceptors (Lipinski definition) is 5. The molecule has 0 aliphatic carbocycles. The summed E-state index contributed by atoms with van der Waals surface area (Å²) in [6, 6.07) is 0.376. The number of aromatic nitrogens is 2. The zero-order valence-corrected chi connectivity index (χ0v) is 9.00. The molecule has 1 fully saturated rings. The van der Waals surface area contributed by atoms with E-state index in [-0.39, 0.29) is 11.0 Å². The minimum atomic E-state index is 0.264. The highest BCUT2D eigenvalue weighted by molar-refractivity contribution is 6.31. The van der Waals surface area contributed by atoms with Crippen LogP contribution in [0.5, 0.6) is 5.75 Å². The number of nitrogens with one attached hydrogen (secondary N) is 1. The molecule has 1 aromatic heterocycles. The standard InChI is InChI=1S/C9H13ClN4O/c10-8-7(9(11)14-5-13-8)15-4-6-2-1-3-12-6/h5-6,12H,1-4H2,(H2,11,13,14). The molecular formula is C9H13ClN4O. The lowest BCUT2D eigenvalue weighted by atomic mass is 10.2. The van der Waals surface area contributed by atoms with Gasteiger partial charge in [0.1, 0.15) is 12.9 Å². The molecule has 5 nitrogen and oxygen atoms in total. The SMILES string of the molecule is Nc1ncnc(Cl)c1OCC1CCCN1. The van der Waals surface area contributed by atoms with Crippen molar-refractivity contribution in [3.05, 3.63) is 11.5 Å². The van der Waals surface area contributed by atoms with Crippen LogP contribution in [0.25, 0.3) is 0 Å². The van der Waals surface area contributed by atoms with E-state index < -0.39 is 0 Å². The van der Waals surface area contributed by atoms with E-state index in [1.165, 1.54) is 12.7 Å². The van der Waals surface area contributed by atoms with E-state index in [4.69, 9.17) is 22.1 Å². The number of nitrogens with two attached hydrogens (primary N) is 1. The predicted octanol–water partition coefficient (Wildman–Crippen LogP) is 0.843. The minimum absolute atomic E-state index is 0.264. The van der Waals surface area contributed by atoms with Crippen LogP contribution in [0.2, 0.25) is 5.15 Å². The summed E-state index contributed by atoms with van der Waals surface area (Å²) in [6.07, 6.45) is 3.62. The van der Waals surface area contributed by atoms with Crippen LogP contribution in [0.4, 0.5) is 5.82 Å². The van der Waals surface area contributed by atoms with Gasteiger partial charge < -0.3 is 15.8 Å². The van der Waals surface area contributed by atoms with Gasteiger partial charge in [0.05, 0.1) is 0 Å². The molecule has 1 atom stereocenters. The quantitative estimate of drug-likeness (QED) is 0.751. The van der Waals surface area contributed by atoms with Crippen molar-refractivity contribution in [2.24, 2.45) is 0 Å². The summed E-state index contributed by atoms with van der Waals surface area (Å²) in [7, 11) is 0. The number of anilines is 1. The fraction of sp³-hybridized carbons (Fsp3) is 0.556. The van der Waals surface area contributed by atoms with Gasteiger partial charge in [-0.2, -0.15) is 0 Å². The summed E-state index contributed by atoms with van der Waals surface area (Å²) < 4.78 is 5.51. The van der Waals surface area contributed by atoms with Gasteiger partial charge in [-0.25, -0.2) is 9.97 Å². The summed E-state index contributed by atoms with van der Waals surface area (Å²) >= 11 is 5.84. The average molecular weight is 229 g/mol. The Labute approximate surface area is 93.0 Å².